The summed E-state index contributed by atoms with van der Waals surface area (Å²) in [6.07, 6.45) is 0. The number of aromatic nitrogens is 2. The first-order chi connectivity index (χ1) is 13.9. The van der Waals surface area contributed by atoms with Crippen LogP contribution in [0.2, 0.25) is 5.02 Å². The molecule has 1 amide bonds. The summed E-state index contributed by atoms with van der Waals surface area (Å²) in [5, 5.41) is 5.11. The molecule has 0 atom stereocenters. The number of hydrogen-bond donors (Lipinski definition) is 1. The van der Waals surface area contributed by atoms with E-state index in [1.54, 1.807) is 7.05 Å². The largest absolute Gasteiger partial charge is 0.346 e. The number of nitrogens with one attached hydrogen (secondary N) is 1. The lowest BCUT2D eigenvalue weighted by Crippen LogP contribution is -2.26. The predicted molar refractivity (Wildman–Crippen MR) is 118 cm³/mol. The highest BCUT2D eigenvalue weighted by atomic mass is 35.5. The number of carbonyl (C=O) groups is 1. The first-order valence-electron chi connectivity index (χ1n) is 9.03. The van der Waals surface area contributed by atoms with Crippen molar-refractivity contribution in [3.8, 4) is 11.3 Å². The van der Waals surface area contributed by atoms with Crippen LogP contribution in [0.3, 0.4) is 0 Å². The molecule has 1 N–H and O–H groups in total. The van der Waals surface area contributed by atoms with Crippen molar-refractivity contribution in [3.63, 3.8) is 0 Å². The molecule has 2 aromatic carbocycles. The Morgan fingerprint density at radius 1 is 1.17 bits per heavy atom. The molecule has 29 heavy (non-hydrogen) atoms. The Bertz CT molecular complexity index is 1280. The van der Waals surface area contributed by atoms with Gasteiger partial charge in [0.05, 0.1) is 23.3 Å². The Balaban J connectivity index is 1.58. The zero-order valence-electron chi connectivity index (χ0n) is 15.9. The lowest BCUT2D eigenvalue weighted by atomic mass is 10.1. The van der Waals surface area contributed by atoms with E-state index in [0.29, 0.717) is 17.1 Å². The number of hydrogen-bond acceptors (Lipinski definition) is 4. The Labute approximate surface area is 176 Å². The van der Waals surface area contributed by atoms with Gasteiger partial charge in [-0.2, -0.15) is 0 Å². The van der Waals surface area contributed by atoms with Gasteiger partial charge in [-0.3, -0.25) is 9.59 Å². The molecule has 0 aliphatic carbocycles. The van der Waals surface area contributed by atoms with Crippen LogP contribution in [0.5, 0.6) is 0 Å². The van der Waals surface area contributed by atoms with Gasteiger partial charge < -0.3 is 9.88 Å². The second kappa shape index (κ2) is 7.81. The molecule has 0 aliphatic heterocycles. The average molecular weight is 424 g/mol. The van der Waals surface area contributed by atoms with Gasteiger partial charge in [-0.15, -0.1) is 11.3 Å². The first-order valence-corrected chi connectivity index (χ1v) is 10.2. The third-order valence-electron chi connectivity index (χ3n) is 4.76. The molecule has 0 spiro atoms. The maximum atomic E-state index is 12.8. The number of nitrogens with zero attached hydrogens (tertiary/aromatic N) is 2. The molecule has 0 bridgehead atoms. The number of rotatable bonds is 4. The van der Waals surface area contributed by atoms with E-state index < -0.39 is 0 Å². The molecule has 5 nitrogen and oxygen atoms in total. The minimum Gasteiger partial charge on any atom is -0.346 e. The van der Waals surface area contributed by atoms with Crippen molar-refractivity contribution >= 4 is 39.7 Å². The molecule has 0 radical (unpaired) electrons. The van der Waals surface area contributed by atoms with Crippen LogP contribution in [0.4, 0.5) is 0 Å². The minimum atomic E-state index is -0.292. The zero-order chi connectivity index (χ0) is 20.5. The summed E-state index contributed by atoms with van der Waals surface area (Å²) >= 11 is 7.50. The first kappa shape index (κ1) is 19.4. The number of benzene rings is 2. The molecular weight excluding hydrogens is 406 g/mol. The van der Waals surface area contributed by atoms with Gasteiger partial charge in [-0.25, -0.2) is 4.98 Å². The average Bonchev–Trinajstić information content (AvgIpc) is 3.10. The maximum absolute atomic E-state index is 12.8. The van der Waals surface area contributed by atoms with Crippen LogP contribution in [0.15, 0.2) is 59.4 Å². The van der Waals surface area contributed by atoms with Crippen molar-refractivity contribution in [3.05, 3.63) is 85.4 Å². The molecule has 2 aromatic heterocycles. The molecule has 0 fully saturated rings. The Hall–Kier alpha value is -2.96. The van der Waals surface area contributed by atoms with Crippen LogP contribution in [0.1, 0.15) is 20.2 Å². The minimum absolute atomic E-state index is 0.219. The molecule has 4 aromatic rings. The zero-order valence-corrected chi connectivity index (χ0v) is 17.5. The quantitative estimate of drug-likeness (QED) is 0.523. The second-order valence-corrected chi connectivity index (χ2v) is 8.40. The highest BCUT2D eigenvalue weighted by Gasteiger charge is 2.15. The van der Waals surface area contributed by atoms with E-state index in [4.69, 9.17) is 11.6 Å². The summed E-state index contributed by atoms with van der Waals surface area (Å²) in [7, 11) is 1.70. The summed E-state index contributed by atoms with van der Waals surface area (Å²) < 4.78 is 1.54. The van der Waals surface area contributed by atoms with Crippen LogP contribution in [0.25, 0.3) is 22.2 Å². The fraction of sp³-hybridized carbons (Fsp3) is 0.136. The standard InChI is InChI=1S/C22H18ClN3O2S/c1-13-21(14-7-9-15(23)10-8-14)25-19(29-13)12-24-22(28)17-11-20(27)26(2)18-6-4-3-5-16(17)18/h3-11H,12H2,1-2H3,(H,24,28). The second-order valence-electron chi connectivity index (χ2n) is 6.67. The van der Waals surface area contributed by atoms with Gasteiger partial charge >= 0.3 is 0 Å². The molecule has 0 saturated carbocycles. The van der Waals surface area contributed by atoms with Crippen molar-refractivity contribution in [2.24, 2.45) is 7.05 Å². The smallest absolute Gasteiger partial charge is 0.252 e. The van der Waals surface area contributed by atoms with Crippen LogP contribution in [-0.4, -0.2) is 15.5 Å². The van der Waals surface area contributed by atoms with E-state index in [0.717, 1.165) is 32.0 Å². The highest BCUT2D eigenvalue weighted by molar-refractivity contribution is 7.12. The van der Waals surface area contributed by atoms with Crippen molar-refractivity contribution in [1.29, 1.82) is 0 Å². The summed E-state index contributed by atoms with van der Waals surface area (Å²) in [4.78, 5) is 30.8. The van der Waals surface area contributed by atoms with Gasteiger partial charge in [-0.1, -0.05) is 41.9 Å². The van der Waals surface area contributed by atoms with Crippen molar-refractivity contribution in [2.45, 2.75) is 13.5 Å². The molecule has 2 heterocycles. The number of para-hydroxylation sites is 1. The fourth-order valence-corrected chi connectivity index (χ4v) is 4.27. The number of amides is 1. The van der Waals surface area contributed by atoms with Gasteiger partial charge in [0.2, 0.25) is 0 Å². The number of fused-ring (bicyclic) bond motifs is 1. The van der Waals surface area contributed by atoms with Crippen LogP contribution in [0, 0.1) is 6.92 Å². The van der Waals surface area contributed by atoms with Crippen LogP contribution >= 0.6 is 22.9 Å². The monoisotopic (exact) mass is 423 g/mol. The molecule has 4 rings (SSSR count). The van der Waals surface area contributed by atoms with Gasteiger partial charge in [0.15, 0.2) is 0 Å². The molecule has 0 unspecified atom stereocenters. The number of carbonyl (C=O) groups excluding carboxylic acids is 1. The Morgan fingerprint density at radius 3 is 2.66 bits per heavy atom. The molecule has 0 saturated heterocycles. The SMILES string of the molecule is Cc1sc(CNC(=O)c2cc(=O)n(C)c3ccccc23)nc1-c1ccc(Cl)cc1. The molecule has 146 valence electrons. The normalized spacial score (nSPS) is 11.0. The fourth-order valence-electron chi connectivity index (χ4n) is 3.25. The van der Waals surface area contributed by atoms with E-state index in [9.17, 15) is 9.59 Å². The summed E-state index contributed by atoms with van der Waals surface area (Å²) in [5.41, 5.74) is 2.74. The molecule has 7 heteroatoms. The van der Waals surface area contributed by atoms with E-state index in [1.807, 2.05) is 55.5 Å². The lowest BCUT2D eigenvalue weighted by Gasteiger charge is -2.10. The van der Waals surface area contributed by atoms with Crippen molar-refractivity contribution < 1.29 is 4.79 Å². The van der Waals surface area contributed by atoms with Crippen molar-refractivity contribution in [2.75, 3.05) is 0 Å². The van der Waals surface area contributed by atoms with Crippen LogP contribution < -0.4 is 10.9 Å². The maximum Gasteiger partial charge on any atom is 0.252 e. The topological polar surface area (TPSA) is 64.0 Å². The third kappa shape index (κ3) is 3.81. The Morgan fingerprint density at radius 2 is 1.90 bits per heavy atom. The van der Waals surface area contributed by atoms with E-state index in [-0.39, 0.29) is 11.5 Å². The van der Waals surface area contributed by atoms with Gasteiger partial charge in [0.1, 0.15) is 5.01 Å². The van der Waals surface area contributed by atoms with Gasteiger partial charge in [0, 0.05) is 34.0 Å². The van der Waals surface area contributed by atoms with Crippen LogP contribution in [-0.2, 0) is 13.6 Å². The summed E-state index contributed by atoms with van der Waals surface area (Å²) in [5.74, 6) is -0.292. The van der Waals surface area contributed by atoms with E-state index in [1.165, 1.54) is 22.0 Å². The number of aryl methyl sites for hydroxylation is 2. The third-order valence-corrected chi connectivity index (χ3v) is 5.98. The van der Waals surface area contributed by atoms with E-state index >= 15 is 0 Å². The van der Waals surface area contributed by atoms with Gasteiger partial charge in [0.25, 0.3) is 11.5 Å². The number of thiazole rings is 1. The summed E-state index contributed by atoms with van der Waals surface area (Å²) in [6, 6.07) is 16.3. The van der Waals surface area contributed by atoms with Crippen molar-refractivity contribution in [1.82, 2.24) is 14.9 Å². The van der Waals surface area contributed by atoms with E-state index in [2.05, 4.69) is 10.3 Å². The molecule has 0 aliphatic rings. The highest BCUT2D eigenvalue weighted by Crippen LogP contribution is 2.28. The number of halogens is 1. The lowest BCUT2D eigenvalue weighted by molar-refractivity contribution is 0.0952. The predicted octanol–water partition coefficient (Wildman–Crippen LogP) is 4.55. The number of pyridine rings is 1. The summed E-state index contributed by atoms with van der Waals surface area (Å²) in [6.45, 7) is 2.29. The van der Waals surface area contributed by atoms with Gasteiger partial charge in [-0.05, 0) is 25.1 Å². The Kier molecular flexibility index (Phi) is 5.22. The molecular formula is C22H18ClN3O2S.